The van der Waals surface area contributed by atoms with Gasteiger partial charge in [0.15, 0.2) is 0 Å². The molecule has 0 fully saturated rings. The van der Waals surface area contributed by atoms with Crippen molar-refractivity contribution < 1.29 is 31.1 Å². The van der Waals surface area contributed by atoms with Crippen LogP contribution in [0, 0.1) is 0 Å². The molecule has 2 aromatic carbocycles. The van der Waals surface area contributed by atoms with Gasteiger partial charge in [0.1, 0.15) is 0 Å². The number of nitrogens with one attached hydrogen (secondary N) is 1. The average molecular weight is 426 g/mol. The fraction of sp³-hybridized carbons (Fsp3) is 0.118. The summed E-state index contributed by atoms with van der Waals surface area (Å²) in [6.07, 6.45) is -9.03. The van der Waals surface area contributed by atoms with Gasteiger partial charge in [-0.3, -0.25) is 4.79 Å². The summed E-state index contributed by atoms with van der Waals surface area (Å²) in [6.45, 7) is 0. The number of anilines is 1. The van der Waals surface area contributed by atoms with E-state index in [2.05, 4.69) is 5.32 Å². The van der Waals surface area contributed by atoms with Crippen LogP contribution in [0.1, 0.15) is 22.3 Å². The zero-order chi connectivity index (χ0) is 20.1. The largest absolute Gasteiger partial charge is 0.416 e. The molecule has 10 heteroatoms. The normalized spacial score (nSPS) is 15.9. The summed E-state index contributed by atoms with van der Waals surface area (Å²) in [5.74, 6) is -0.722. The van der Waals surface area contributed by atoms with Crippen LogP contribution < -0.4 is 5.32 Å². The van der Waals surface area contributed by atoms with E-state index in [0.29, 0.717) is 12.1 Å². The standard InChI is InChI=1S/C17H7Cl2F6NO/c18-12-2-1-10-11(15(27)26-14(10)13(12)19)5-7-3-8(16(20,21)22)6-9(4-7)17(23,24)25/h1-6H,(H,26,27)/b11-5-. The van der Waals surface area contributed by atoms with Crippen molar-refractivity contribution >= 4 is 46.4 Å². The van der Waals surface area contributed by atoms with Gasteiger partial charge in [0.05, 0.1) is 26.9 Å². The van der Waals surface area contributed by atoms with E-state index in [-0.39, 0.29) is 32.9 Å². The second kappa shape index (κ2) is 6.45. The first kappa shape index (κ1) is 19.6. The van der Waals surface area contributed by atoms with E-state index >= 15 is 0 Å². The first-order chi connectivity index (χ1) is 12.4. The van der Waals surface area contributed by atoms with Gasteiger partial charge in [0.2, 0.25) is 0 Å². The molecule has 0 unspecified atom stereocenters. The van der Waals surface area contributed by atoms with Gasteiger partial charge in [0.25, 0.3) is 5.91 Å². The molecular formula is C17H7Cl2F6NO. The minimum absolute atomic E-state index is 0.0152. The molecule has 27 heavy (non-hydrogen) atoms. The maximum absolute atomic E-state index is 13.0. The Morgan fingerprint density at radius 2 is 1.44 bits per heavy atom. The van der Waals surface area contributed by atoms with Gasteiger partial charge >= 0.3 is 12.4 Å². The number of hydrogen-bond donors (Lipinski definition) is 1. The van der Waals surface area contributed by atoms with E-state index in [1.54, 1.807) is 0 Å². The fourth-order valence-corrected chi connectivity index (χ4v) is 2.94. The summed E-state index contributed by atoms with van der Waals surface area (Å²) in [7, 11) is 0. The minimum Gasteiger partial charge on any atom is -0.320 e. The fourth-order valence-electron chi connectivity index (χ4n) is 2.57. The Balaban J connectivity index is 2.19. The molecule has 0 spiro atoms. The lowest BCUT2D eigenvalue weighted by molar-refractivity contribution is -0.143. The van der Waals surface area contributed by atoms with E-state index in [1.165, 1.54) is 12.1 Å². The Hall–Kier alpha value is -2.19. The Bertz CT molecular complexity index is 946. The van der Waals surface area contributed by atoms with E-state index in [4.69, 9.17) is 23.2 Å². The van der Waals surface area contributed by atoms with Gasteiger partial charge in [-0.05, 0) is 35.9 Å². The monoisotopic (exact) mass is 425 g/mol. The summed E-state index contributed by atoms with van der Waals surface area (Å²) < 4.78 is 77.8. The average Bonchev–Trinajstić information content (AvgIpc) is 2.86. The molecule has 0 saturated heterocycles. The highest BCUT2D eigenvalue weighted by Crippen LogP contribution is 2.42. The minimum atomic E-state index is -4.98. The molecule has 0 bridgehead atoms. The summed E-state index contributed by atoms with van der Waals surface area (Å²) >= 11 is 11.8. The molecule has 1 heterocycles. The van der Waals surface area contributed by atoms with Gasteiger partial charge < -0.3 is 5.32 Å². The number of amides is 1. The van der Waals surface area contributed by atoms with Crippen LogP contribution in [0.2, 0.25) is 10.0 Å². The van der Waals surface area contributed by atoms with Crippen molar-refractivity contribution in [1.82, 2.24) is 0 Å². The number of rotatable bonds is 1. The van der Waals surface area contributed by atoms with Crippen LogP contribution >= 0.6 is 23.2 Å². The predicted molar refractivity (Wildman–Crippen MR) is 89.4 cm³/mol. The molecule has 1 aliphatic heterocycles. The molecule has 0 aromatic heterocycles. The highest BCUT2D eigenvalue weighted by molar-refractivity contribution is 6.47. The molecule has 2 nitrogen and oxygen atoms in total. The number of carbonyl (C=O) groups is 1. The van der Waals surface area contributed by atoms with Gasteiger partial charge in [-0.1, -0.05) is 29.3 Å². The number of benzene rings is 2. The van der Waals surface area contributed by atoms with Crippen LogP contribution in [-0.2, 0) is 17.1 Å². The summed E-state index contributed by atoms with van der Waals surface area (Å²) in [5, 5.41) is 2.55. The molecule has 2 aromatic rings. The summed E-state index contributed by atoms with van der Waals surface area (Å²) in [5.41, 5.74) is -3.14. The van der Waals surface area contributed by atoms with Crippen molar-refractivity contribution in [3.8, 4) is 0 Å². The molecular weight excluding hydrogens is 419 g/mol. The maximum atomic E-state index is 13.0. The van der Waals surface area contributed by atoms with Gasteiger partial charge in [-0.2, -0.15) is 26.3 Å². The molecule has 1 amide bonds. The molecule has 0 aliphatic carbocycles. The van der Waals surface area contributed by atoms with Crippen molar-refractivity contribution in [2.45, 2.75) is 12.4 Å². The molecule has 1 N–H and O–H groups in total. The Labute approximate surface area is 158 Å². The molecule has 0 atom stereocenters. The van der Waals surface area contributed by atoms with E-state index in [9.17, 15) is 31.1 Å². The zero-order valence-corrected chi connectivity index (χ0v) is 14.4. The maximum Gasteiger partial charge on any atom is 0.416 e. The number of carbonyl (C=O) groups excluding carboxylic acids is 1. The molecule has 0 radical (unpaired) electrons. The van der Waals surface area contributed by atoms with Crippen molar-refractivity contribution in [3.05, 3.63) is 62.6 Å². The quantitative estimate of drug-likeness (QED) is 0.408. The van der Waals surface area contributed by atoms with E-state index < -0.39 is 35.0 Å². The van der Waals surface area contributed by atoms with Crippen molar-refractivity contribution in [2.75, 3.05) is 5.32 Å². The van der Waals surface area contributed by atoms with Crippen LogP contribution in [0.4, 0.5) is 32.0 Å². The molecule has 142 valence electrons. The third-order valence-electron chi connectivity index (χ3n) is 3.79. The predicted octanol–water partition coefficient (Wildman–Crippen LogP) is 6.52. The highest BCUT2D eigenvalue weighted by atomic mass is 35.5. The van der Waals surface area contributed by atoms with Crippen molar-refractivity contribution in [3.63, 3.8) is 0 Å². The summed E-state index contributed by atoms with van der Waals surface area (Å²) in [4.78, 5) is 12.1. The van der Waals surface area contributed by atoms with Gasteiger partial charge in [0, 0.05) is 11.1 Å². The lowest BCUT2D eigenvalue weighted by Gasteiger charge is -2.13. The molecule has 0 saturated carbocycles. The third-order valence-corrected chi connectivity index (χ3v) is 4.59. The van der Waals surface area contributed by atoms with Crippen LogP contribution in [0.15, 0.2) is 30.3 Å². The molecule has 3 rings (SSSR count). The van der Waals surface area contributed by atoms with E-state index in [0.717, 1.165) is 6.08 Å². The second-order valence-electron chi connectivity index (χ2n) is 5.64. The van der Waals surface area contributed by atoms with Crippen LogP contribution in [0.3, 0.4) is 0 Å². The van der Waals surface area contributed by atoms with Gasteiger partial charge in [-0.15, -0.1) is 0 Å². The second-order valence-corrected chi connectivity index (χ2v) is 6.42. The van der Waals surface area contributed by atoms with E-state index in [1.807, 2.05) is 0 Å². The SMILES string of the molecule is O=C1Nc2c(ccc(Cl)c2Cl)/C1=C/c1cc(C(F)(F)F)cc(C(F)(F)F)c1. The van der Waals surface area contributed by atoms with Crippen molar-refractivity contribution in [2.24, 2.45) is 0 Å². The number of fused-ring (bicyclic) bond motifs is 1. The first-order valence-electron chi connectivity index (χ1n) is 7.19. The van der Waals surface area contributed by atoms with Crippen LogP contribution in [-0.4, -0.2) is 5.91 Å². The Kier molecular flexibility index (Phi) is 4.68. The number of alkyl halides is 6. The topological polar surface area (TPSA) is 29.1 Å². The Morgan fingerprint density at radius 1 is 0.889 bits per heavy atom. The molecule has 1 aliphatic rings. The smallest absolute Gasteiger partial charge is 0.320 e. The number of hydrogen-bond acceptors (Lipinski definition) is 1. The number of halogens is 8. The zero-order valence-electron chi connectivity index (χ0n) is 12.9. The summed E-state index contributed by atoms with van der Waals surface area (Å²) in [6, 6.07) is 3.84. The lowest BCUT2D eigenvalue weighted by Crippen LogP contribution is -2.11. The van der Waals surface area contributed by atoms with Crippen LogP contribution in [0.25, 0.3) is 11.6 Å². The van der Waals surface area contributed by atoms with Crippen molar-refractivity contribution in [1.29, 1.82) is 0 Å². The Morgan fingerprint density at radius 3 is 1.96 bits per heavy atom. The highest BCUT2D eigenvalue weighted by Gasteiger charge is 2.37. The lowest BCUT2D eigenvalue weighted by atomic mass is 10.00. The first-order valence-corrected chi connectivity index (χ1v) is 7.94. The van der Waals surface area contributed by atoms with Gasteiger partial charge in [-0.25, -0.2) is 0 Å². The van der Waals surface area contributed by atoms with Crippen LogP contribution in [0.5, 0.6) is 0 Å². The third kappa shape index (κ3) is 3.77.